The first kappa shape index (κ1) is 11.9. The van der Waals surface area contributed by atoms with E-state index < -0.39 is 5.97 Å². The Hall–Kier alpha value is -0.610. The summed E-state index contributed by atoms with van der Waals surface area (Å²) in [5.74, 6) is -0.702. The number of carbonyl (C=O) groups is 1. The smallest absolute Gasteiger partial charge is 0.304 e. The second-order valence-electron chi connectivity index (χ2n) is 4.95. The van der Waals surface area contributed by atoms with Gasteiger partial charge < -0.3 is 9.84 Å². The molecule has 0 bridgehead atoms. The standard InChI is InChI=1S/C12H21NO3/c1-9(8-12(14)15)13-6-7-16-11-5-3-2-4-10(11)13/h9-11H,2-8H2,1H3,(H,14,15). The molecule has 3 atom stereocenters. The van der Waals surface area contributed by atoms with E-state index in [2.05, 4.69) is 4.90 Å². The number of ether oxygens (including phenoxy) is 1. The SMILES string of the molecule is CC(CC(=O)O)N1CCOC2CCCCC21. The van der Waals surface area contributed by atoms with Gasteiger partial charge in [-0.1, -0.05) is 12.8 Å². The Kier molecular flexibility index (Phi) is 3.82. The summed E-state index contributed by atoms with van der Waals surface area (Å²) in [4.78, 5) is 13.1. The van der Waals surface area contributed by atoms with Gasteiger partial charge in [-0.15, -0.1) is 0 Å². The van der Waals surface area contributed by atoms with Crippen LogP contribution < -0.4 is 0 Å². The second kappa shape index (κ2) is 5.15. The zero-order chi connectivity index (χ0) is 11.5. The number of hydrogen-bond donors (Lipinski definition) is 1. The van der Waals surface area contributed by atoms with E-state index in [0.717, 1.165) is 26.0 Å². The van der Waals surface area contributed by atoms with Crippen LogP contribution in [0.15, 0.2) is 0 Å². The van der Waals surface area contributed by atoms with Gasteiger partial charge in [-0.2, -0.15) is 0 Å². The summed E-state index contributed by atoms with van der Waals surface area (Å²) >= 11 is 0. The molecule has 1 aliphatic carbocycles. The van der Waals surface area contributed by atoms with Gasteiger partial charge in [-0.05, 0) is 19.8 Å². The van der Waals surface area contributed by atoms with Gasteiger partial charge in [-0.25, -0.2) is 0 Å². The molecule has 92 valence electrons. The zero-order valence-corrected chi connectivity index (χ0v) is 9.89. The maximum Gasteiger partial charge on any atom is 0.304 e. The number of carboxylic acid groups (broad SMARTS) is 1. The first-order valence-corrected chi connectivity index (χ1v) is 6.27. The highest BCUT2D eigenvalue weighted by Gasteiger charge is 2.36. The van der Waals surface area contributed by atoms with E-state index in [0.29, 0.717) is 12.1 Å². The maximum absolute atomic E-state index is 10.8. The van der Waals surface area contributed by atoms with Crippen LogP contribution in [-0.4, -0.2) is 47.3 Å². The molecule has 1 heterocycles. The lowest BCUT2D eigenvalue weighted by Crippen LogP contribution is -2.55. The highest BCUT2D eigenvalue weighted by atomic mass is 16.5. The fourth-order valence-electron chi connectivity index (χ4n) is 3.04. The van der Waals surface area contributed by atoms with Crippen molar-refractivity contribution in [3.05, 3.63) is 0 Å². The van der Waals surface area contributed by atoms with Crippen molar-refractivity contribution < 1.29 is 14.6 Å². The number of carboxylic acids is 1. The van der Waals surface area contributed by atoms with Gasteiger partial charge in [0.1, 0.15) is 0 Å². The zero-order valence-electron chi connectivity index (χ0n) is 9.89. The Morgan fingerprint density at radius 2 is 2.25 bits per heavy atom. The summed E-state index contributed by atoms with van der Waals surface area (Å²) in [5.41, 5.74) is 0. The normalized spacial score (nSPS) is 33.1. The topological polar surface area (TPSA) is 49.8 Å². The molecule has 2 rings (SSSR count). The Labute approximate surface area is 96.6 Å². The summed E-state index contributed by atoms with van der Waals surface area (Å²) in [6.07, 6.45) is 5.39. The molecule has 3 unspecified atom stereocenters. The van der Waals surface area contributed by atoms with Crippen LogP contribution in [0.25, 0.3) is 0 Å². The van der Waals surface area contributed by atoms with Gasteiger partial charge in [0.2, 0.25) is 0 Å². The molecule has 1 saturated carbocycles. The number of nitrogens with zero attached hydrogens (tertiary/aromatic N) is 1. The first-order chi connectivity index (χ1) is 7.68. The summed E-state index contributed by atoms with van der Waals surface area (Å²) in [6.45, 7) is 3.66. The molecule has 4 heteroatoms. The molecule has 1 saturated heterocycles. The van der Waals surface area contributed by atoms with Crippen LogP contribution in [0.2, 0.25) is 0 Å². The van der Waals surface area contributed by atoms with Crippen molar-refractivity contribution in [1.29, 1.82) is 0 Å². The monoisotopic (exact) mass is 227 g/mol. The van der Waals surface area contributed by atoms with E-state index in [4.69, 9.17) is 9.84 Å². The van der Waals surface area contributed by atoms with Crippen molar-refractivity contribution in [3.63, 3.8) is 0 Å². The predicted octanol–water partition coefficient (Wildman–Crippen LogP) is 1.49. The van der Waals surface area contributed by atoms with Gasteiger partial charge in [0.05, 0.1) is 19.1 Å². The highest BCUT2D eigenvalue weighted by Crippen LogP contribution is 2.30. The van der Waals surface area contributed by atoms with Crippen molar-refractivity contribution in [3.8, 4) is 0 Å². The molecule has 1 aliphatic heterocycles. The maximum atomic E-state index is 10.8. The number of aliphatic carboxylic acids is 1. The van der Waals surface area contributed by atoms with Crippen molar-refractivity contribution >= 4 is 5.97 Å². The molecule has 2 aliphatic rings. The molecule has 2 fully saturated rings. The molecular formula is C12H21NO3. The van der Waals surface area contributed by atoms with E-state index >= 15 is 0 Å². The minimum Gasteiger partial charge on any atom is -0.481 e. The molecule has 0 aromatic heterocycles. The predicted molar refractivity (Wildman–Crippen MR) is 60.4 cm³/mol. The van der Waals surface area contributed by atoms with E-state index in [1.54, 1.807) is 0 Å². The quantitative estimate of drug-likeness (QED) is 0.793. The lowest BCUT2D eigenvalue weighted by Gasteiger charge is -2.46. The van der Waals surface area contributed by atoms with E-state index in [9.17, 15) is 4.79 Å². The van der Waals surface area contributed by atoms with Crippen LogP contribution in [0.5, 0.6) is 0 Å². The highest BCUT2D eigenvalue weighted by molar-refractivity contribution is 5.67. The van der Waals surface area contributed by atoms with Crippen LogP contribution in [0, 0.1) is 0 Å². The van der Waals surface area contributed by atoms with Crippen LogP contribution in [0.3, 0.4) is 0 Å². The van der Waals surface area contributed by atoms with Gasteiger partial charge in [0.15, 0.2) is 0 Å². The number of rotatable bonds is 3. The third-order valence-corrected chi connectivity index (χ3v) is 3.81. The van der Waals surface area contributed by atoms with Crippen LogP contribution >= 0.6 is 0 Å². The summed E-state index contributed by atoms with van der Waals surface area (Å²) < 4.78 is 5.78. The second-order valence-corrected chi connectivity index (χ2v) is 4.95. The number of hydrogen-bond acceptors (Lipinski definition) is 3. The largest absolute Gasteiger partial charge is 0.481 e. The van der Waals surface area contributed by atoms with Crippen molar-refractivity contribution in [2.75, 3.05) is 13.2 Å². The fourth-order valence-corrected chi connectivity index (χ4v) is 3.04. The Morgan fingerprint density at radius 1 is 1.50 bits per heavy atom. The Morgan fingerprint density at radius 3 is 3.00 bits per heavy atom. The van der Waals surface area contributed by atoms with E-state index in [1.165, 1.54) is 12.8 Å². The van der Waals surface area contributed by atoms with Crippen LogP contribution in [0.1, 0.15) is 39.0 Å². The van der Waals surface area contributed by atoms with Crippen LogP contribution in [-0.2, 0) is 9.53 Å². The minimum absolute atomic E-state index is 0.131. The van der Waals surface area contributed by atoms with Crippen LogP contribution in [0.4, 0.5) is 0 Å². The average Bonchev–Trinajstić information content (AvgIpc) is 2.27. The molecule has 0 radical (unpaired) electrons. The van der Waals surface area contributed by atoms with Gasteiger partial charge in [0.25, 0.3) is 0 Å². The van der Waals surface area contributed by atoms with Crippen molar-refractivity contribution in [1.82, 2.24) is 4.90 Å². The van der Waals surface area contributed by atoms with Crippen molar-refractivity contribution in [2.24, 2.45) is 0 Å². The lowest BCUT2D eigenvalue weighted by atomic mass is 9.89. The summed E-state index contributed by atoms with van der Waals surface area (Å²) in [7, 11) is 0. The summed E-state index contributed by atoms with van der Waals surface area (Å²) in [6, 6.07) is 0.587. The minimum atomic E-state index is -0.702. The lowest BCUT2D eigenvalue weighted by molar-refractivity contribution is -0.141. The van der Waals surface area contributed by atoms with Gasteiger partial charge in [0, 0.05) is 18.6 Å². The molecule has 0 aromatic carbocycles. The molecule has 4 nitrogen and oxygen atoms in total. The Balaban J connectivity index is 1.98. The third kappa shape index (κ3) is 2.55. The number of morpholine rings is 1. The Bertz CT molecular complexity index is 255. The molecular weight excluding hydrogens is 206 g/mol. The fraction of sp³-hybridized carbons (Fsp3) is 0.917. The average molecular weight is 227 g/mol. The molecule has 0 amide bonds. The van der Waals surface area contributed by atoms with Gasteiger partial charge in [-0.3, -0.25) is 9.69 Å². The first-order valence-electron chi connectivity index (χ1n) is 6.27. The molecule has 1 N–H and O–H groups in total. The van der Waals surface area contributed by atoms with E-state index in [1.807, 2.05) is 6.92 Å². The van der Waals surface area contributed by atoms with E-state index in [-0.39, 0.29) is 12.5 Å². The van der Waals surface area contributed by atoms with Gasteiger partial charge >= 0.3 is 5.97 Å². The number of fused-ring (bicyclic) bond motifs is 1. The molecule has 0 spiro atoms. The summed E-state index contributed by atoms with van der Waals surface area (Å²) in [5, 5.41) is 8.85. The third-order valence-electron chi connectivity index (χ3n) is 3.81. The van der Waals surface area contributed by atoms with Crippen molar-refractivity contribution in [2.45, 2.75) is 57.2 Å². The molecule has 0 aromatic rings. The molecule has 16 heavy (non-hydrogen) atoms.